The monoisotopic (exact) mass is 629 g/mol. The van der Waals surface area contributed by atoms with Crippen LogP contribution in [-0.4, -0.2) is 60.3 Å². The van der Waals surface area contributed by atoms with Gasteiger partial charge < -0.3 is 24.5 Å². The minimum atomic E-state index is -2.06. The number of fused-ring (bicyclic) bond motifs is 2. The summed E-state index contributed by atoms with van der Waals surface area (Å²) in [6.07, 6.45) is 7.25. The van der Waals surface area contributed by atoms with Gasteiger partial charge in [0.05, 0.1) is 23.7 Å². The van der Waals surface area contributed by atoms with Crippen molar-refractivity contribution in [3.8, 4) is 0 Å². The number of anilines is 1. The Balaban J connectivity index is 1.34. The van der Waals surface area contributed by atoms with Crippen LogP contribution in [-0.2, 0) is 11.0 Å². The van der Waals surface area contributed by atoms with Crippen LogP contribution in [0.4, 0.5) is 10.2 Å². The minimum absolute atomic E-state index is 0.0365. The predicted octanol–water partition coefficient (Wildman–Crippen LogP) is 8.07. The second-order valence-electron chi connectivity index (χ2n) is 14.7. The zero-order chi connectivity index (χ0) is 32.1. The summed E-state index contributed by atoms with van der Waals surface area (Å²) < 4.78 is 24.7. The van der Waals surface area contributed by atoms with Gasteiger partial charge in [0.1, 0.15) is 11.6 Å². The van der Waals surface area contributed by atoms with Gasteiger partial charge in [0, 0.05) is 41.1 Å². The first-order valence-electron chi connectivity index (χ1n) is 16.5. The molecule has 1 atom stereocenters. The summed E-state index contributed by atoms with van der Waals surface area (Å²) in [6.45, 7) is 14.1. The Morgan fingerprint density at radius 3 is 2.53 bits per heavy atom. The molecule has 9 heteroatoms. The van der Waals surface area contributed by atoms with Gasteiger partial charge in [0.25, 0.3) is 5.91 Å². The smallest absolute Gasteiger partial charge is 0.257 e. The van der Waals surface area contributed by atoms with E-state index in [0.29, 0.717) is 35.9 Å². The molecular formula is C36H48FN5O2Si. The quantitative estimate of drug-likeness (QED) is 0.218. The van der Waals surface area contributed by atoms with E-state index in [-0.39, 0.29) is 22.6 Å². The third-order valence-electron chi connectivity index (χ3n) is 10.6. The van der Waals surface area contributed by atoms with Crippen molar-refractivity contribution in [3.05, 3.63) is 71.2 Å². The highest BCUT2D eigenvalue weighted by Crippen LogP contribution is 2.40. The summed E-state index contributed by atoms with van der Waals surface area (Å²) in [7, 11) is 0.124. The number of nitrogens with two attached hydrogens (primary N) is 1. The van der Waals surface area contributed by atoms with Crippen molar-refractivity contribution in [2.75, 3.05) is 32.4 Å². The zero-order valence-electron chi connectivity index (χ0n) is 27.7. The lowest BCUT2D eigenvalue weighted by molar-refractivity contribution is 0.0608. The van der Waals surface area contributed by atoms with Crippen LogP contribution in [0.25, 0.3) is 21.8 Å². The molecule has 2 fully saturated rings. The Morgan fingerprint density at radius 1 is 1.04 bits per heavy atom. The van der Waals surface area contributed by atoms with E-state index in [0.717, 1.165) is 56.3 Å². The molecule has 7 nitrogen and oxygen atoms in total. The molecule has 0 radical (unpaired) electrons. The first-order valence-corrected chi connectivity index (χ1v) is 19.4. The molecule has 2 N–H and O–H groups in total. The molecule has 4 aromatic rings. The average Bonchev–Trinajstić information content (AvgIpc) is 3.43. The molecule has 2 aliphatic rings. The number of benzene rings is 2. The number of amides is 1. The normalized spacial score (nSPS) is 19.1. The fraction of sp³-hybridized carbons (Fsp3) is 0.500. The maximum atomic E-state index is 15.8. The van der Waals surface area contributed by atoms with Gasteiger partial charge in [-0.1, -0.05) is 32.9 Å². The lowest BCUT2D eigenvalue weighted by Crippen LogP contribution is -2.40. The number of hydrogen-bond acceptors (Lipinski definition) is 5. The highest BCUT2D eigenvalue weighted by molar-refractivity contribution is 6.74. The van der Waals surface area contributed by atoms with Crippen LogP contribution < -0.4 is 5.73 Å². The summed E-state index contributed by atoms with van der Waals surface area (Å²) in [5.41, 5.74) is 9.84. The van der Waals surface area contributed by atoms with Gasteiger partial charge in [-0.15, -0.1) is 0 Å². The molecule has 1 amide bonds. The third kappa shape index (κ3) is 6.14. The number of aromatic nitrogens is 2. The van der Waals surface area contributed by atoms with Crippen LogP contribution in [0.2, 0.25) is 18.1 Å². The van der Waals surface area contributed by atoms with Gasteiger partial charge >= 0.3 is 0 Å². The number of carbonyl (C=O) groups is 1. The Morgan fingerprint density at radius 2 is 1.80 bits per heavy atom. The molecular weight excluding hydrogens is 582 g/mol. The second-order valence-corrected chi connectivity index (χ2v) is 19.5. The van der Waals surface area contributed by atoms with Crippen LogP contribution >= 0.6 is 0 Å². The molecule has 45 heavy (non-hydrogen) atoms. The van der Waals surface area contributed by atoms with Crippen molar-refractivity contribution < 1.29 is 13.6 Å². The van der Waals surface area contributed by atoms with E-state index in [4.69, 9.17) is 10.2 Å². The Hall–Kier alpha value is -3.27. The number of halogens is 1. The first-order chi connectivity index (χ1) is 21.3. The maximum Gasteiger partial charge on any atom is 0.257 e. The molecule has 240 valence electrons. The van der Waals surface area contributed by atoms with E-state index in [1.54, 1.807) is 12.1 Å². The molecule has 0 saturated carbocycles. The molecule has 2 aromatic heterocycles. The van der Waals surface area contributed by atoms with Crippen LogP contribution in [0, 0.1) is 5.82 Å². The van der Waals surface area contributed by atoms with E-state index in [2.05, 4.69) is 85.8 Å². The van der Waals surface area contributed by atoms with Crippen molar-refractivity contribution in [1.82, 2.24) is 19.4 Å². The zero-order valence-corrected chi connectivity index (χ0v) is 28.7. The van der Waals surface area contributed by atoms with Crippen molar-refractivity contribution in [1.29, 1.82) is 0 Å². The third-order valence-corrected chi connectivity index (χ3v) is 15.1. The number of hydrogen-bond donors (Lipinski definition) is 1. The van der Waals surface area contributed by atoms with E-state index in [1.165, 1.54) is 17.0 Å². The summed E-state index contributed by atoms with van der Waals surface area (Å²) in [4.78, 5) is 23.0. The van der Waals surface area contributed by atoms with E-state index in [1.807, 2.05) is 4.90 Å². The van der Waals surface area contributed by atoms with Crippen LogP contribution in [0.5, 0.6) is 0 Å². The van der Waals surface area contributed by atoms with Crippen molar-refractivity contribution >= 4 is 41.8 Å². The number of likely N-dealkylation sites (tertiary alicyclic amines) is 2. The van der Waals surface area contributed by atoms with Gasteiger partial charge in [-0.05, 0) is 106 Å². The molecule has 1 unspecified atom stereocenters. The number of nitrogen functional groups attached to an aromatic ring is 1. The molecule has 0 bridgehead atoms. The molecule has 4 heterocycles. The maximum absolute atomic E-state index is 15.8. The van der Waals surface area contributed by atoms with Gasteiger partial charge in [0.15, 0.2) is 8.32 Å². The standard InChI is InChI=1S/C36H48FN5O2Si/c1-36(2,3)45(5,6)44-23-24-20-34(38)39-31-22-30(37)29(21-28(24)31)35(43)42-16-8-7-11-33(42)26-10-9-12-32-27(26)15-19-41(32)25-13-17-40(4)18-14-25/h9-10,12,15,19-22,25,33H,7-8,11,13-14,16-18,23H2,1-6H3,(H2,38,39). The van der Waals surface area contributed by atoms with E-state index in [9.17, 15) is 4.79 Å². The number of rotatable bonds is 6. The first kappa shape index (κ1) is 31.7. The Kier molecular flexibility index (Phi) is 8.56. The van der Waals surface area contributed by atoms with Crippen molar-refractivity contribution in [3.63, 3.8) is 0 Å². The number of pyridine rings is 1. The largest absolute Gasteiger partial charge is 0.413 e. The average molecular weight is 630 g/mol. The van der Waals surface area contributed by atoms with Crippen LogP contribution in [0.15, 0.2) is 48.7 Å². The molecule has 0 spiro atoms. The molecule has 6 rings (SSSR count). The van der Waals surface area contributed by atoms with Crippen molar-refractivity contribution in [2.45, 2.75) is 89.7 Å². The lowest BCUT2D eigenvalue weighted by atomic mass is 9.92. The highest BCUT2D eigenvalue weighted by atomic mass is 28.4. The van der Waals surface area contributed by atoms with Gasteiger partial charge in [-0.3, -0.25) is 4.79 Å². The number of nitrogens with zero attached hydrogens (tertiary/aromatic N) is 4. The summed E-state index contributed by atoms with van der Waals surface area (Å²) in [6, 6.07) is 13.8. The van der Waals surface area contributed by atoms with Gasteiger partial charge in [-0.2, -0.15) is 0 Å². The number of piperidine rings is 2. The molecule has 2 aromatic carbocycles. The fourth-order valence-electron chi connectivity index (χ4n) is 6.85. The topological polar surface area (TPSA) is 76.6 Å². The summed E-state index contributed by atoms with van der Waals surface area (Å²) >= 11 is 0. The second kappa shape index (κ2) is 12.2. The SMILES string of the molecule is CN1CCC(n2ccc3c(C4CCCCN4C(=O)c4cc5c(CO[Si](C)(C)C(C)(C)C)cc(N)nc5cc4F)cccc32)CC1. The van der Waals surface area contributed by atoms with Crippen molar-refractivity contribution in [2.24, 2.45) is 0 Å². The van der Waals surface area contributed by atoms with Crippen LogP contribution in [0.3, 0.4) is 0 Å². The van der Waals surface area contributed by atoms with E-state index >= 15 is 4.39 Å². The van der Waals surface area contributed by atoms with E-state index < -0.39 is 14.1 Å². The summed E-state index contributed by atoms with van der Waals surface area (Å²) in [5, 5.41) is 1.93. The Labute approximate surface area is 267 Å². The summed E-state index contributed by atoms with van der Waals surface area (Å²) in [5.74, 6) is -0.539. The van der Waals surface area contributed by atoms with Crippen LogP contribution in [0.1, 0.15) is 86.4 Å². The Bertz CT molecular complexity index is 1720. The lowest BCUT2D eigenvalue weighted by Gasteiger charge is -2.37. The highest BCUT2D eigenvalue weighted by Gasteiger charge is 2.37. The van der Waals surface area contributed by atoms with Gasteiger partial charge in [-0.25, -0.2) is 9.37 Å². The predicted molar refractivity (Wildman–Crippen MR) is 183 cm³/mol. The molecule has 2 saturated heterocycles. The minimum Gasteiger partial charge on any atom is -0.413 e. The molecule has 2 aliphatic heterocycles. The van der Waals surface area contributed by atoms with Gasteiger partial charge in [0.2, 0.25) is 0 Å². The fourth-order valence-corrected chi connectivity index (χ4v) is 7.79. The molecule has 0 aliphatic carbocycles. The number of carbonyl (C=O) groups excluding carboxylic acids is 1.